The van der Waals surface area contributed by atoms with Gasteiger partial charge in [0.05, 0.1) is 0 Å². The van der Waals surface area contributed by atoms with E-state index in [1.807, 2.05) is 0 Å². The Balaban J connectivity index is 0.000000251. The van der Waals surface area contributed by atoms with Crippen LogP contribution in [0.25, 0.3) is 0 Å². The summed E-state index contributed by atoms with van der Waals surface area (Å²) in [7, 11) is 0. The number of hydrogen-bond acceptors (Lipinski definition) is 2. The van der Waals surface area contributed by atoms with Gasteiger partial charge in [-0.2, -0.15) is 0 Å². The van der Waals surface area contributed by atoms with Crippen LogP contribution in [0.2, 0.25) is 0 Å². The minimum Gasteiger partial charge on any atom is -0.356 e. The molecule has 2 N–H and O–H groups in total. The Morgan fingerprint density at radius 2 is 0.680 bits per heavy atom. The van der Waals surface area contributed by atoms with Gasteiger partial charge in [0, 0.05) is 25.9 Å². The van der Waals surface area contributed by atoms with E-state index in [9.17, 15) is 9.59 Å². The highest BCUT2D eigenvalue weighted by Gasteiger charge is 2.02. The molecule has 2 rings (SSSR count). The fourth-order valence-electron chi connectivity index (χ4n) is 3.40. The summed E-state index contributed by atoms with van der Waals surface area (Å²) in [6.45, 7) is 1.78. The fraction of sp³-hybridized carbons (Fsp3) is 0.905. The van der Waals surface area contributed by atoms with E-state index in [-0.39, 0.29) is 11.8 Å². The molecule has 2 saturated heterocycles. The van der Waals surface area contributed by atoms with E-state index in [4.69, 9.17) is 0 Å². The van der Waals surface area contributed by atoms with Crippen LogP contribution in [-0.4, -0.2) is 24.9 Å². The van der Waals surface area contributed by atoms with E-state index in [2.05, 4.69) is 10.6 Å². The molecule has 2 fully saturated rings. The van der Waals surface area contributed by atoms with Crippen molar-refractivity contribution in [3.63, 3.8) is 0 Å². The largest absolute Gasteiger partial charge is 0.356 e. The maximum Gasteiger partial charge on any atom is 0.219 e. The Bertz CT molecular complexity index is 317. The summed E-state index contributed by atoms with van der Waals surface area (Å²) < 4.78 is 0. The van der Waals surface area contributed by atoms with Crippen molar-refractivity contribution in [3.05, 3.63) is 0 Å². The SMILES string of the molecule is O=C1CCCCCCCCCCN1.O=C1CCCCCCCCCN1. The summed E-state index contributed by atoms with van der Waals surface area (Å²) in [6, 6.07) is 0. The number of carbonyl (C=O) groups excluding carboxylic acids is 2. The van der Waals surface area contributed by atoms with Crippen molar-refractivity contribution in [2.75, 3.05) is 13.1 Å². The van der Waals surface area contributed by atoms with Crippen LogP contribution in [0.15, 0.2) is 0 Å². The second-order valence-corrected chi connectivity index (χ2v) is 7.50. The molecule has 2 heterocycles. The van der Waals surface area contributed by atoms with E-state index in [0.717, 1.165) is 51.6 Å². The zero-order chi connectivity index (χ0) is 18.0. The van der Waals surface area contributed by atoms with Crippen LogP contribution >= 0.6 is 0 Å². The minimum absolute atomic E-state index is 0.247. The number of carbonyl (C=O) groups is 2. The molecule has 2 aliphatic heterocycles. The van der Waals surface area contributed by atoms with Crippen LogP contribution in [0.1, 0.15) is 109 Å². The molecule has 0 radical (unpaired) electrons. The molecule has 2 aliphatic rings. The van der Waals surface area contributed by atoms with Gasteiger partial charge in [-0.25, -0.2) is 0 Å². The molecule has 0 aromatic carbocycles. The third kappa shape index (κ3) is 14.9. The van der Waals surface area contributed by atoms with Gasteiger partial charge in [0.1, 0.15) is 0 Å². The summed E-state index contributed by atoms with van der Waals surface area (Å²) in [5.41, 5.74) is 0. The standard InChI is InChI=1S/C11H21NO.C10H19NO/c13-11-9-7-5-3-1-2-4-6-8-10-12-11;12-10-8-6-4-2-1-3-5-7-9-11-10/h1-10H2,(H,12,13);1-9H2,(H,11,12). The van der Waals surface area contributed by atoms with E-state index < -0.39 is 0 Å². The van der Waals surface area contributed by atoms with Crippen LogP contribution in [0.5, 0.6) is 0 Å². The molecule has 25 heavy (non-hydrogen) atoms. The lowest BCUT2D eigenvalue weighted by Gasteiger charge is -2.07. The van der Waals surface area contributed by atoms with Gasteiger partial charge >= 0.3 is 0 Å². The summed E-state index contributed by atoms with van der Waals surface area (Å²) >= 11 is 0. The Morgan fingerprint density at radius 3 is 1.04 bits per heavy atom. The van der Waals surface area contributed by atoms with Crippen LogP contribution in [-0.2, 0) is 9.59 Å². The zero-order valence-corrected chi connectivity index (χ0v) is 16.3. The van der Waals surface area contributed by atoms with E-state index >= 15 is 0 Å². The number of amides is 2. The highest BCUT2D eigenvalue weighted by atomic mass is 16.2. The number of nitrogens with one attached hydrogen (secondary N) is 2. The van der Waals surface area contributed by atoms with Crippen LogP contribution in [0, 0.1) is 0 Å². The average molecular weight is 353 g/mol. The molecular weight excluding hydrogens is 312 g/mol. The predicted molar refractivity (Wildman–Crippen MR) is 105 cm³/mol. The molecule has 2 amide bonds. The molecule has 0 aliphatic carbocycles. The smallest absolute Gasteiger partial charge is 0.219 e. The molecule has 0 saturated carbocycles. The number of rotatable bonds is 0. The number of hydrogen-bond donors (Lipinski definition) is 2. The summed E-state index contributed by atoms with van der Waals surface area (Å²) in [4.78, 5) is 22.3. The van der Waals surface area contributed by atoms with Gasteiger partial charge in [-0.1, -0.05) is 70.6 Å². The molecular formula is C21H40N2O2. The first-order valence-electron chi connectivity index (χ1n) is 10.8. The molecule has 0 unspecified atom stereocenters. The Kier molecular flexibility index (Phi) is 14.4. The second-order valence-electron chi connectivity index (χ2n) is 7.50. The fourth-order valence-corrected chi connectivity index (χ4v) is 3.40. The average Bonchev–Trinajstić information content (AvgIpc) is 2.65. The van der Waals surface area contributed by atoms with Crippen molar-refractivity contribution in [2.45, 2.75) is 109 Å². The van der Waals surface area contributed by atoms with E-state index in [0.29, 0.717) is 0 Å². The normalized spacial score (nSPS) is 22.6. The van der Waals surface area contributed by atoms with Gasteiger partial charge in [-0.3, -0.25) is 9.59 Å². The van der Waals surface area contributed by atoms with E-state index in [1.54, 1.807) is 0 Å². The Labute approximate surface area is 154 Å². The first-order chi connectivity index (χ1) is 12.3. The predicted octanol–water partition coefficient (Wildman–Crippen LogP) is 4.86. The van der Waals surface area contributed by atoms with E-state index in [1.165, 1.54) is 70.6 Å². The third-order valence-electron chi connectivity index (χ3n) is 5.06. The van der Waals surface area contributed by atoms with Crippen LogP contribution < -0.4 is 10.6 Å². The topological polar surface area (TPSA) is 58.2 Å². The first kappa shape index (κ1) is 22.0. The molecule has 146 valence electrons. The molecule has 4 nitrogen and oxygen atoms in total. The molecule has 0 spiro atoms. The van der Waals surface area contributed by atoms with Gasteiger partial charge in [0.25, 0.3) is 0 Å². The molecule has 4 heteroatoms. The van der Waals surface area contributed by atoms with Gasteiger partial charge in [0.15, 0.2) is 0 Å². The molecule has 0 aromatic heterocycles. The molecule has 0 aromatic rings. The lowest BCUT2D eigenvalue weighted by molar-refractivity contribution is -0.122. The van der Waals surface area contributed by atoms with Gasteiger partial charge in [-0.05, 0) is 25.7 Å². The van der Waals surface area contributed by atoms with Crippen molar-refractivity contribution in [2.24, 2.45) is 0 Å². The lowest BCUT2D eigenvalue weighted by atomic mass is 10.1. The minimum atomic E-state index is 0.247. The van der Waals surface area contributed by atoms with Crippen LogP contribution in [0.4, 0.5) is 0 Å². The zero-order valence-electron chi connectivity index (χ0n) is 16.3. The van der Waals surface area contributed by atoms with Gasteiger partial charge < -0.3 is 10.6 Å². The van der Waals surface area contributed by atoms with Gasteiger partial charge in [0.2, 0.25) is 11.8 Å². The van der Waals surface area contributed by atoms with Crippen molar-refractivity contribution in [1.82, 2.24) is 10.6 Å². The van der Waals surface area contributed by atoms with Crippen molar-refractivity contribution < 1.29 is 9.59 Å². The summed E-state index contributed by atoms with van der Waals surface area (Å²) in [5.74, 6) is 0.498. The van der Waals surface area contributed by atoms with Crippen molar-refractivity contribution in [1.29, 1.82) is 0 Å². The molecule has 0 bridgehead atoms. The third-order valence-corrected chi connectivity index (χ3v) is 5.06. The summed E-state index contributed by atoms with van der Waals surface area (Å²) in [5, 5.41) is 5.90. The maximum atomic E-state index is 11.2. The Morgan fingerprint density at radius 1 is 0.400 bits per heavy atom. The monoisotopic (exact) mass is 352 g/mol. The second kappa shape index (κ2) is 16.4. The maximum absolute atomic E-state index is 11.2. The van der Waals surface area contributed by atoms with Crippen LogP contribution in [0.3, 0.4) is 0 Å². The van der Waals surface area contributed by atoms with Crippen molar-refractivity contribution >= 4 is 11.8 Å². The first-order valence-corrected chi connectivity index (χ1v) is 10.8. The highest BCUT2D eigenvalue weighted by molar-refractivity contribution is 5.76. The van der Waals surface area contributed by atoms with Gasteiger partial charge in [-0.15, -0.1) is 0 Å². The summed E-state index contributed by atoms with van der Waals surface area (Å²) in [6.07, 6.45) is 20.4. The Hall–Kier alpha value is -1.06. The van der Waals surface area contributed by atoms with Crippen molar-refractivity contribution in [3.8, 4) is 0 Å². The lowest BCUT2D eigenvalue weighted by Crippen LogP contribution is -2.24. The quantitative estimate of drug-likeness (QED) is 0.654. The highest BCUT2D eigenvalue weighted by Crippen LogP contribution is 2.11. The molecule has 0 atom stereocenters.